The predicted molar refractivity (Wildman–Crippen MR) is 129 cm³/mol. The second kappa shape index (κ2) is 14.5. The van der Waals surface area contributed by atoms with Gasteiger partial charge in [0.1, 0.15) is 6.61 Å². The van der Waals surface area contributed by atoms with Gasteiger partial charge in [-0.1, -0.05) is 42.5 Å². The van der Waals surface area contributed by atoms with E-state index in [1.165, 1.54) is 0 Å². The summed E-state index contributed by atoms with van der Waals surface area (Å²) in [5, 5.41) is 14.4. The predicted octanol–water partition coefficient (Wildman–Crippen LogP) is 2.15. The Morgan fingerprint density at radius 3 is 2.68 bits per heavy atom. The van der Waals surface area contributed by atoms with Crippen molar-refractivity contribution in [2.75, 3.05) is 33.0 Å². The van der Waals surface area contributed by atoms with Gasteiger partial charge >= 0.3 is 5.97 Å². The highest BCUT2D eigenvalue weighted by Crippen LogP contribution is 2.20. The molecule has 1 aliphatic rings. The number of benzene rings is 1. The molecule has 1 aromatic carbocycles. The van der Waals surface area contributed by atoms with Crippen LogP contribution >= 0.6 is 0 Å². The van der Waals surface area contributed by atoms with E-state index in [1.807, 2.05) is 42.5 Å². The molecule has 1 aromatic rings. The van der Waals surface area contributed by atoms with Crippen molar-refractivity contribution in [3.05, 3.63) is 48.0 Å². The molecule has 0 radical (unpaired) electrons. The highest BCUT2D eigenvalue weighted by atomic mass is 16.5. The molecule has 2 atom stereocenters. The highest BCUT2D eigenvalue weighted by Gasteiger charge is 2.30. The fourth-order valence-electron chi connectivity index (χ4n) is 3.73. The molecular weight excluding hydrogens is 436 g/mol. The van der Waals surface area contributed by atoms with Crippen molar-refractivity contribution >= 4 is 17.8 Å². The molecule has 8 heteroatoms. The molecule has 0 aromatic heterocycles. The Balaban J connectivity index is 2.01. The first-order valence-corrected chi connectivity index (χ1v) is 11.9. The molecule has 0 aliphatic carbocycles. The van der Waals surface area contributed by atoms with Gasteiger partial charge < -0.3 is 25.2 Å². The van der Waals surface area contributed by atoms with E-state index in [9.17, 15) is 14.4 Å². The number of cyclic esters (lactones) is 1. The molecule has 34 heavy (non-hydrogen) atoms. The average molecular weight is 475 g/mol. The number of ether oxygens (including phenoxy) is 2. The lowest BCUT2D eigenvalue weighted by Crippen LogP contribution is -2.50. The lowest BCUT2D eigenvalue weighted by molar-refractivity contribution is -0.151. The number of nitrogens with one attached hydrogen (secondary N) is 2. The van der Waals surface area contributed by atoms with Crippen LogP contribution in [0.25, 0.3) is 0 Å². The number of aliphatic hydroxyl groups excluding tert-OH is 1. The molecule has 0 saturated carbocycles. The number of hydrogen-bond acceptors (Lipinski definition) is 6. The molecule has 2 unspecified atom stereocenters. The second-order valence-corrected chi connectivity index (χ2v) is 9.24. The van der Waals surface area contributed by atoms with Crippen molar-refractivity contribution in [1.82, 2.24) is 10.6 Å². The van der Waals surface area contributed by atoms with Gasteiger partial charge in [-0.2, -0.15) is 0 Å². The fraction of sp³-hybridized carbons (Fsp3) is 0.577. The molecule has 188 valence electrons. The Bertz CT molecular complexity index is 809. The van der Waals surface area contributed by atoms with Crippen LogP contribution in [0.4, 0.5) is 0 Å². The molecule has 0 saturated heterocycles. The SMILES string of the molecule is CC1(C)COC(=O)C(Cc2ccccc2)CCC=CCC(CC(=O)NCCOCCO)C(=O)N1. The zero-order valence-electron chi connectivity index (χ0n) is 20.3. The summed E-state index contributed by atoms with van der Waals surface area (Å²) in [5.74, 6) is -1.56. The second-order valence-electron chi connectivity index (χ2n) is 9.24. The van der Waals surface area contributed by atoms with Crippen LogP contribution < -0.4 is 10.6 Å². The Morgan fingerprint density at radius 1 is 1.18 bits per heavy atom. The molecule has 0 bridgehead atoms. The smallest absolute Gasteiger partial charge is 0.309 e. The number of aliphatic hydroxyl groups is 1. The topological polar surface area (TPSA) is 114 Å². The Labute approximate surface area is 202 Å². The molecule has 0 spiro atoms. The van der Waals surface area contributed by atoms with E-state index in [-0.39, 0.29) is 49.9 Å². The van der Waals surface area contributed by atoms with E-state index in [1.54, 1.807) is 13.8 Å². The van der Waals surface area contributed by atoms with Crippen molar-refractivity contribution in [1.29, 1.82) is 0 Å². The van der Waals surface area contributed by atoms with E-state index >= 15 is 0 Å². The van der Waals surface area contributed by atoms with Gasteiger partial charge in [-0.05, 0) is 45.1 Å². The van der Waals surface area contributed by atoms with Crippen LogP contribution in [-0.2, 0) is 30.3 Å². The summed E-state index contributed by atoms with van der Waals surface area (Å²) in [6.07, 6.45) is 6.28. The molecule has 8 nitrogen and oxygen atoms in total. The first-order valence-electron chi connectivity index (χ1n) is 11.9. The third-order valence-corrected chi connectivity index (χ3v) is 5.57. The molecule has 2 rings (SSSR count). The van der Waals surface area contributed by atoms with Gasteiger partial charge in [0.05, 0.1) is 37.2 Å². The summed E-state index contributed by atoms with van der Waals surface area (Å²) >= 11 is 0. The van der Waals surface area contributed by atoms with Crippen molar-refractivity contribution in [2.45, 2.75) is 51.5 Å². The van der Waals surface area contributed by atoms with Crippen LogP contribution in [0.2, 0.25) is 0 Å². The quantitative estimate of drug-likeness (QED) is 0.287. The number of carbonyl (C=O) groups excluding carboxylic acids is 3. The molecule has 2 amide bonds. The molecule has 1 aliphatic heterocycles. The summed E-state index contributed by atoms with van der Waals surface area (Å²) in [7, 11) is 0. The van der Waals surface area contributed by atoms with Gasteiger partial charge in [0.15, 0.2) is 0 Å². The van der Waals surface area contributed by atoms with Crippen LogP contribution in [-0.4, -0.2) is 61.4 Å². The number of esters is 1. The van der Waals surface area contributed by atoms with E-state index in [2.05, 4.69) is 10.6 Å². The Kier molecular flexibility index (Phi) is 11.8. The fourth-order valence-corrected chi connectivity index (χ4v) is 3.73. The summed E-state index contributed by atoms with van der Waals surface area (Å²) in [5.41, 5.74) is 0.312. The highest BCUT2D eigenvalue weighted by molar-refractivity contribution is 5.86. The van der Waals surface area contributed by atoms with E-state index in [0.717, 1.165) is 5.56 Å². The van der Waals surface area contributed by atoms with Crippen LogP contribution in [0.3, 0.4) is 0 Å². The first kappa shape index (κ1) is 27.5. The number of amides is 2. The summed E-state index contributed by atoms with van der Waals surface area (Å²) < 4.78 is 10.8. The number of rotatable bonds is 9. The molecule has 3 N–H and O–H groups in total. The van der Waals surface area contributed by atoms with Crippen molar-refractivity contribution < 1.29 is 29.0 Å². The van der Waals surface area contributed by atoms with Crippen LogP contribution in [0, 0.1) is 11.8 Å². The van der Waals surface area contributed by atoms with Crippen molar-refractivity contribution in [3.63, 3.8) is 0 Å². The van der Waals surface area contributed by atoms with Gasteiger partial charge in [0.2, 0.25) is 11.8 Å². The minimum absolute atomic E-state index is 0.0443. The lowest BCUT2D eigenvalue weighted by atomic mass is 9.94. The minimum atomic E-state index is -0.769. The van der Waals surface area contributed by atoms with E-state index in [4.69, 9.17) is 14.6 Å². The van der Waals surface area contributed by atoms with Gasteiger partial charge in [-0.25, -0.2) is 0 Å². The summed E-state index contributed by atoms with van der Waals surface area (Å²) in [6.45, 7) is 4.42. The maximum atomic E-state index is 13.0. The largest absolute Gasteiger partial charge is 0.463 e. The maximum Gasteiger partial charge on any atom is 0.309 e. The zero-order valence-corrected chi connectivity index (χ0v) is 20.3. The minimum Gasteiger partial charge on any atom is -0.463 e. The molecule has 0 fully saturated rings. The van der Waals surface area contributed by atoms with E-state index in [0.29, 0.717) is 38.8 Å². The molecule has 1 heterocycles. The summed E-state index contributed by atoms with van der Waals surface area (Å²) in [6, 6.07) is 9.86. The van der Waals surface area contributed by atoms with Crippen LogP contribution in [0.15, 0.2) is 42.5 Å². The van der Waals surface area contributed by atoms with Crippen molar-refractivity contribution in [2.24, 2.45) is 11.8 Å². The average Bonchev–Trinajstić information content (AvgIpc) is 2.81. The van der Waals surface area contributed by atoms with E-state index < -0.39 is 11.5 Å². The zero-order chi connectivity index (χ0) is 24.8. The summed E-state index contributed by atoms with van der Waals surface area (Å²) in [4.78, 5) is 38.1. The normalized spacial score (nSPS) is 21.4. The lowest BCUT2D eigenvalue weighted by Gasteiger charge is -2.28. The van der Waals surface area contributed by atoms with Gasteiger partial charge in [-0.15, -0.1) is 0 Å². The third kappa shape index (κ3) is 10.5. The first-order chi connectivity index (χ1) is 16.3. The van der Waals surface area contributed by atoms with Gasteiger partial charge in [-0.3, -0.25) is 14.4 Å². The number of carbonyl (C=O) groups is 3. The van der Waals surface area contributed by atoms with Crippen molar-refractivity contribution in [3.8, 4) is 0 Å². The van der Waals surface area contributed by atoms with Gasteiger partial charge in [0.25, 0.3) is 0 Å². The standard InChI is InChI=1S/C26H38N2O6/c1-26(2)19-34-25(32)22(17-20-9-5-3-6-10-20)12-8-4-7-11-21(24(31)28-26)18-23(30)27-13-15-33-16-14-29/h3-7,9-10,21-22,29H,8,11-19H2,1-2H3,(H,27,30)(H,28,31). The van der Waals surface area contributed by atoms with Gasteiger partial charge in [0, 0.05) is 13.0 Å². The third-order valence-electron chi connectivity index (χ3n) is 5.57. The van der Waals surface area contributed by atoms with Crippen LogP contribution in [0.1, 0.15) is 45.1 Å². The number of hydrogen-bond donors (Lipinski definition) is 3. The molecular formula is C26H38N2O6. The Hall–Kier alpha value is -2.71. The Morgan fingerprint density at radius 2 is 1.94 bits per heavy atom. The monoisotopic (exact) mass is 474 g/mol. The van der Waals surface area contributed by atoms with Crippen LogP contribution in [0.5, 0.6) is 0 Å². The number of allylic oxidation sites excluding steroid dienone is 2. The maximum absolute atomic E-state index is 13.0.